The number of benzene rings is 2. The van der Waals surface area contributed by atoms with E-state index in [1.165, 1.54) is 17.8 Å². The van der Waals surface area contributed by atoms with Crippen LogP contribution in [0.3, 0.4) is 0 Å². The van der Waals surface area contributed by atoms with Crippen molar-refractivity contribution in [2.45, 2.75) is 5.75 Å². The van der Waals surface area contributed by atoms with Gasteiger partial charge in [0, 0.05) is 10.6 Å². The van der Waals surface area contributed by atoms with Crippen molar-refractivity contribution < 1.29 is 18.3 Å². The van der Waals surface area contributed by atoms with Gasteiger partial charge in [0.2, 0.25) is 10.0 Å². The summed E-state index contributed by atoms with van der Waals surface area (Å²) in [5, 5.41) is 14.0. The second-order valence-electron chi connectivity index (χ2n) is 5.77. The van der Waals surface area contributed by atoms with Crippen LogP contribution in [0.4, 0.5) is 0 Å². The lowest BCUT2D eigenvalue weighted by atomic mass is 10.1. The first-order valence-electron chi connectivity index (χ1n) is 7.89. The summed E-state index contributed by atoms with van der Waals surface area (Å²) in [6.07, 6.45) is 0. The van der Waals surface area contributed by atoms with Gasteiger partial charge in [-0.1, -0.05) is 35.9 Å². The Morgan fingerprint density at radius 2 is 1.78 bits per heavy atom. The molecule has 2 N–H and O–H groups in total. The van der Waals surface area contributed by atoms with Crippen molar-refractivity contribution in [3.63, 3.8) is 0 Å². The van der Waals surface area contributed by atoms with Gasteiger partial charge in [0.1, 0.15) is 0 Å². The number of halogens is 1. The van der Waals surface area contributed by atoms with Gasteiger partial charge in [0.25, 0.3) is 0 Å². The number of aromatic nitrogens is 2. The number of carbonyl (C=O) groups is 1. The number of carboxylic acids is 1. The third-order valence-corrected chi connectivity index (χ3v) is 5.50. The average molecular weight is 406 g/mol. The maximum atomic E-state index is 11.7. The van der Waals surface area contributed by atoms with E-state index in [4.69, 9.17) is 11.6 Å². The summed E-state index contributed by atoms with van der Waals surface area (Å²) in [5.41, 5.74) is 2.45. The van der Waals surface area contributed by atoms with Crippen molar-refractivity contribution in [1.29, 1.82) is 0 Å². The predicted molar refractivity (Wildman–Crippen MR) is 103 cm³/mol. The van der Waals surface area contributed by atoms with Crippen molar-refractivity contribution >= 4 is 27.6 Å². The number of nitrogens with zero attached hydrogens (tertiary/aromatic N) is 2. The largest absolute Gasteiger partial charge is 0.476 e. The van der Waals surface area contributed by atoms with E-state index in [2.05, 4.69) is 9.82 Å². The fourth-order valence-electron chi connectivity index (χ4n) is 2.53. The molecule has 3 aromatic rings. The van der Waals surface area contributed by atoms with Crippen molar-refractivity contribution in [2.24, 2.45) is 0 Å². The van der Waals surface area contributed by atoms with Crippen molar-refractivity contribution in [3.05, 3.63) is 70.9 Å². The van der Waals surface area contributed by atoms with Crippen molar-refractivity contribution in [1.82, 2.24) is 14.5 Å². The van der Waals surface area contributed by atoms with Gasteiger partial charge in [-0.3, -0.25) is 0 Å². The van der Waals surface area contributed by atoms with Crippen molar-refractivity contribution in [2.75, 3.05) is 7.05 Å². The van der Waals surface area contributed by atoms with Gasteiger partial charge < -0.3 is 5.11 Å². The Morgan fingerprint density at radius 3 is 2.33 bits per heavy atom. The summed E-state index contributed by atoms with van der Waals surface area (Å²) in [7, 11) is -2.01. The van der Waals surface area contributed by atoms with E-state index in [0.717, 1.165) is 5.56 Å². The zero-order valence-corrected chi connectivity index (χ0v) is 15.8. The average Bonchev–Trinajstić information content (AvgIpc) is 3.08. The van der Waals surface area contributed by atoms with E-state index in [0.29, 0.717) is 22.0 Å². The zero-order valence-electron chi connectivity index (χ0n) is 14.3. The Morgan fingerprint density at radius 1 is 1.15 bits per heavy atom. The Hall–Kier alpha value is -2.68. The van der Waals surface area contributed by atoms with Crippen LogP contribution >= 0.6 is 11.6 Å². The number of hydrogen-bond donors (Lipinski definition) is 2. The molecule has 0 aliphatic heterocycles. The van der Waals surface area contributed by atoms with E-state index in [9.17, 15) is 18.3 Å². The quantitative estimate of drug-likeness (QED) is 0.656. The Balaban J connectivity index is 2.03. The molecular formula is C18H16ClN3O4S. The first-order chi connectivity index (χ1) is 12.8. The number of hydrogen-bond acceptors (Lipinski definition) is 4. The SMILES string of the molecule is CNS(=O)(=O)Cc1ccc(-n2nc(C(=O)O)cc2-c2ccc(Cl)cc2)cc1. The molecule has 1 aromatic heterocycles. The van der Waals surface area contributed by atoms with E-state index in [1.807, 2.05) is 0 Å². The highest BCUT2D eigenvalue weighted by molar-refractivity contribution is 7.88. The predicted octanol–water partition coefficient (Wildman–Crippen LogP) is 2.94. The van der Waals surface area contributed by atoms with Crippen LogP contribution in [0, 0.1) is 0 Å². The summed E-state index contributed by atoms with van der Waals surface area (Å²) in [5.74, 6) is -1.28. The van der Waals surface area contributed by atoms with Crippen LogP contribution in [-0.4, -0.2) is 36.3 Å². The van der Waals surface area contributed by atoms with E-state index < -0.39 is 16.0 Å². The van der Waals surface area contributed by atoms with Crippen LogP contribution < -0.4 is 4.72 Å². The molecule has 0 bridgehead atoms. The van der Waals surface area contributed by atoms with Gasteiger partial charge in [-0.25, -0.2) is 22.6 Å². The highest BCUT2D eigenvalue weighted by Crippen LogP contribution is 2.26. The molecule has 27 heavy (non-hydrogen) atoms. The zero-order chi connectivity index (χ0) is 19.6. The van der Waals surface area contributed by atoms with Gasteiger partial charge in [-0.15, -0.1) is 0 Å². The normalized spacial score (nSPS) is 11.5. The summed E-state index contributed by atoms with van der Waals surface area (Å²) in [6, 6.07) is 15.2. The van der Waals surface area contributed by atoms with E-state index in [1.54, 1.807) is 48.5 Å². The molecule has 3 rings (SSSR count). The number of nitrogens with one attached hydrogen (secondary N) is 1. The second-order valence-corrected chi connectivity index (χ2v) is 8.13. The first kappa shape index (κ1) is 19.1. The molecule has 0 spiro atoms. The molecule has 0 saturated heterocycles. The summed E-state index contributed by atoms with van der Waals surface area (Å²) < 4.78 is 27.1. The summed E-state index contributed by atoms with van der Waals surface area (Å²) in [4.78, 5) is 11.4. The number of rotatable bonds is 6. The van der Waals surface area contributed by atoms with Gasteiger partial charge >= 0.3 is 5.97 Å². The first-order valence-corrected chi connectivity index (χ1v) is 9.92. The van der Waals surface area contributed by atoms with Gasteiger partial charge in [0.05, 0.1) is 17.1 Å². The second kappa shape index (κ2) is 7.51. The topological polar surface area (TPSA) is 101 Å². The molecule has 2 aromatic carbocycles. The highest BCUT2D eigenvalue weighted by atomic mass is 35.5. The molecule has 9 heteroatoms. The maximum Gasteiger partial charge on any atom is 0.356 e. The van der Waals surface area contributed by atoms with Crippen LogP contribution in [0.2, 0.25) is 5.02 Å². The molecule has 1 heterocycles. The highest BCUT2D eigenvalue weighted by Gasteiger charge is 2.16. The molecule has 0 aliphatic carbocycles. The van der Waals surface area contributed by atoms with Gasteiger partial charge in [-0.2, -0.15) is 5.10 Å². The fourth-order valence-corrected chi connectivity index (χ4v) is 3.44. The summed E-state index contributed by atoms with van der Waals surface area (Å²) in [6.45, 7) is 0. The lowest BCUT2D eigenvalue weighted by Crippen LogP contribution is -2.20. The fraction of sp³-hybridized carbons (Fsp3) is 0.111. The maximum absolute atomic E-state index is 11.7. The Labute approximate surface area is 161 Å². The van der Waals surface area contributed by atoms with E-state index in [-0.39, 0.29) is 11.4 Å². The minimum Gasteiger partial charge on any atom is -0.476 e. The van der Waals surface area contributed by atoms with Crippen molar-refractivity contribution in [3.8, 4) is 16.9 Å². The molecule has 0 aliphatic rings. The Bertz CT molecular complexity index is 1070. The smallest absolute Gasteiger partial charge is 0.356 e. The Kier molecular flexibility index (Phi) is 5.31. The molecule has 0 radical (unpaired) electrons. The van der Waals surface area contributed by atoms with E-state index >= 15 is 0 Å². The minimum atomic E-state index is -3.38. The molecular weight excluding hydrogens is 390 g/mol. The molecule has 0 saturated carbocycles. The summed E-state index contributed by atoms with van der Waals surface area (Å²) >= 11 is 5.92. The van der Waals surface area contributed by atoms with Gasteiger partial charge in [0.15, 0.2) is 5.69 Å². The van der Waals surface area contributed by atoms with Crippen LogP contribution in [0.1, 0.15) is 16.1 Å². The minimum absolute atomic E-state index is 0.0956. The number of sulfonamides is 1. The lowest BCUT2D eigenvalue weighted by Gasteiger charge is -2.09. The lowest BCUT2D eigenvalue weighted by molar-refractivity contribution is 0.0690. The standard InChI is InChI=1S/C18H16ClN3O4S/c1-20-27(25,26)11-12-2-8-15(9-3-12)22-17(10-16(21-22)18(23)24)13-4-6-14(19)7-5-13/h2-10,20H,11H2,1H3,(H,23,24). The van der Waals surface area contributed by atoms with Crippen LogP contribution in [0.5, 0.6) is 0 Å². The van der Waals surface area contributed by atoms with Gasteiger partial charge in [-0.05, 0) is 42.9 Å². The van der Waals surface area contributed by atoms with Crippen LogP contribution in [0.25, 0.3) is 16.9 Å². The number of carboxylic acid groups (broad SMARTS) is 1. The molecule has 7 nitrogen and oxygen atoms in total. The molecule has 0 atom stereocenters. The van der Waals surface area contributed by atoms with Crippen LogP contribution in [-0.2, 0) is 15.8 Å². The number of aromatic carboxylic acids is 1. The third kappa shape index (κ3) is 4.36. The molecule has 140 valence electrons. The van der Waals surface area contributed by atoms with Crippen LogP contribution in [0.15, 0.2) is 54.6 Å². The monoisotopic (exact) mass is 405 g/mol. The third-order valence-electron chi connectivity index (χ3n) is 3.92. The molecule has 0 amide bonds. The molecule has 0 fully saturated rings. The molecule has 0 unspecified atom stereocenters.